The first-order chi connectivity index (χ1) is 8.97. The normalized spacial score (nSPS) is 26.5. The molecule has 4 heteroatoms. The molecule has 0 saturated heterocycles. The maximum atomic E-state index is 10.8. The third-order valence-electron chi connectivity index (χ3n) is 4.27. The number of hydrogen-bond donors (Lipinski definition) is 1. The van der Waals surface area contributed by atoms with Crippen molar-refractivity contribution < 1.29 is 14.6 Å². The van der Waals surface area contributed by atoms with Crippen molar-refractivity contribution in [2.75, 3.05) is 13.7 Å². The minimum Gasteiger partial charge on any atom is -0.492 e. The molecule has 1 aromatic carbocycles. The molecule has 1 aliphatic heterocycles. The Morgan fingerprint density at radius 3 is 2.84 bits per heavy atom. The lowest BCUT2D eigenvalue weighted by atomic mass is 9.67. The van der Waals surface area contributed by atoms with Crippen LogP contribution < -0.4 is 4.74 Å². The van der Waals surface area contributed by atoms with E-state index in [0.717, 1.165) is 11.3 Å². The van der Waals surface area contributed by atoms with Gasteiger partial charge in [-0.15, -0.1) is 0 Å². The van der Waals surface area contributed by atoms with E-state index in [2.05, 4.69) is 6.07 Å². The molecule has 0 fully saturated rings. The van der Waals surface area contributed by atoms with Gasteiger partial charge in [-0.3, -0.25) is 0 Å². The van der Waals surface area contributed by atoms with Gasteiger partial charge in [0, 0.05) is 13.5 Å². The van der Waals surface area contributed by atoms with Gasteiger partial charge in [-0.25, -0.2) is 0 Å². The van der Waals surface area contributed by atoms with E-state index in [1.807, 2.05) is 24.3 Å². The number of aliphatic hydroxyl groups is 1. The first-order valence-electron chi connectivity index (χ1n) is 6.34. The van der Waals surface area contributed by atoms with E-state index in [1.54, 1.807) is 13.8 Å². The number of para-hydroxylation sites is 1. The largest absolute Gasteiger partial charge is 0.492 e. The van der Waals surface area contributed by atoms with Crippen LogP contribution in [0.15, 0.2) is 24.3 Å². The molecule has 0 saturated carbocycles. The summed E-state index contributed by atoms with van der Waals surface area (Å²) < 4.78 is 10.9. The summed E-state index contributed by atoms with van der Waals surface area (Å²) in [4.78, 5) is 0. The summed E-state index contributed by atoms with van der Waals surface area (Å²) in [6, 6.07) is 9.87. The van der Waals surface area contributed by atoms with Crippen molar-refractivity contribution >= 4 is 0 Å². The number of hydrogen-bond acceptors (Lipinski definition) is 4. The van der Waals surface area contributed by atoms with Gasteiger partial charge >= 0.3 is 0 Å². The molecule has 0 aliphatic carbocycles. The number of methoxy groups -OCH3 is 1. The number of benzene rings is 1. The second-order valence-corrected chi connectivity index (χ2v) is 5.29. The zero-order valence-corrected chi connectivity index (χ0v) is 11.5. The van der Waals surface area contributed by atoms with E-state index < -0.39 is 17.1 Å². The molecule has 0 amide bonds. The Labute approximate surface area is 113 Å². The van der Waals surface area contributed by atoms with Gasteiger partial charge in [0.2, 0.25) is 0 Å². The minimum atomic E-state index is -1.29. The maximum Gasteiger partial charge on any atom is 0.126 e. The lowest BCUT2D eigenvalue weighted by Gasteiger charge is -2.45. The number of ether oxygens (including phenoxy) is 2. The Morgan fingerprint density at radius 1 is 1.53 bits per heavy atom. The molecule has 19 heavy (non-hydrogen) atoms. The molecule has 3 unspecified atom stereocenters. The average Bonchev–Trinajstić information content (AvgIpc) is 2.45. The van der Waals surface area contributed by atoms with Crippen LogP contribution in [0.2, 0.25) is 0 Å². The monoisotopic (exact) mass is 261 g/mol. The molecule has 1 aliphatic rings. The van der Waals surface area contributed by atoms with Gasteiger partial charge in [-0.2, -0.15) is 5.26 Å². The van der Waals surface area contributed by atoms with E-state index in [-0.39, 0.29) is 6.61 Å². The quantitative estimate of drug-likeness (QED) is 0.903. The second-order valence-electron chi connectivity index (χ2n) is 5.29. The smallest absolute Gasteiger partial charge is 0.126 e. The van der Waals surface area contributed by atoms with Gasteiger partial charge < -0.3 is 14.6 Å². The summed E-state index contributed by atoms with van der Waals surface area (Å²) in [5.74, 6) is 0.786. The fraction of sp³-hybridized carbons (Fsp3) is 0.533. The fourth-order valence-corrected chi connectivity index (χ4v) is 2.50. The van der Waals surface area contributed by atoms with Crippen molar-refractivity contribution in [3.63, 3.8) is 0 Å². The highest BCUT2D eigenvalue weighted by Crippen LogP contribution is 2.43. The molecule has 0 radical (unpaired) electrons. The standard InChI is InChI=1S/C15H19NO3/c1-11(18-3)14(2,17)15(9-16)8-12-6-4-5-7-13(12)19-10-15/h4-7,11,17H,8,10H2,1-3H3. The van der Waals surface area contributed by atoms with Crippen LogP contribution in [0.5, 0.6) is 5.75 Å². The SMILES string of the molecule is COC(C)C(C)(O)C1(C#N)COc2ccccc2C1. The highest BCUT2D eigenvalue weighted by atomic mass is 16.5. The lowest BCUT2D eigenvalue weighted by Crippen LogP contribution is -2.58. The van der Waals surface area contributed by atoms with Crippen LogP contribution in [0.4, 0.5) is 0 Å². The Kier molecular flexibility index (Phi) is 3.53. The van der Waals surface area contributed by atoms with Crippen molar-refractivity contribution in [2.45, 2.75) is 32.0 Å². The minimum absolute atomic E-state index is 0.168. The first kappa shape index (κ1) is 13.9. The average molecular weight is 261 g/mol. The van der Waals surface area contributed by atoms with Crippen molar-refractivity contribution in [3.8, 4) is 11.8 Å². The highest BCUT2D eigenvalue weighted by molar-refractivity contribution is 5.38. The van der Waals surface area contributed by atoms with Crippen LogP contribution >= 0.6 is 0 Å². The maximum absolute atomic E-state index is 10.8. The number of rotatable bonds is 3. The number of nitrogens with zero attached hydrogens (tertiary/aromatic N) is 1. The molecule has 3 atom stereocenters. The molecule has 1 aromatic rings. The lowest BCUT2D eigenvalue weighted by molar-refractivity contribution is -0.146. The summed E-state index contributed by atoms with van der Waals surface area (Å²) in [7, 11) is 1.53. The molecule has 1 heterocycles. The predicted octanol–water partition coefficient (Wildman–Crippen LogP) is 1.92. The number of nitriles is 1. The fourth-order valence-electron chi connectivity index (χ4n) is 2.50. The van der Waals surface area contributed by atoms with Crippen LogP contribution in [-0.2, 0) is 11.2 Å². The second kappa shape index (κ2) is 4.84. The van der Waals surface area contributed by atoms with Gasteiger partial charge in [-0.1, -0.05) is 18.2 Å². The summed E-state index contributed by atoms with van der Waals surface area (Å²) >= 11 is 0. The van der Waals surface area contributed by atoms with Crippen molar-refractivity contribution in [1.29, 1.82) is 5.26 Å². The molecule has 0 aromatic heterocycles. The van der Waals surface area contributed by atoms with Crippen LogP contribution in [0.3, 0.4) is 0 Å². The molecular formula is C15H19NO3. The van der Waals surface area contributed by atoms with Crippen molar-refractivity contribution in [3.05, 3.63) is 29.8 Å². The van der Waals surface area contributed by atoms with E-state index in [4.69, 9.17) is 9.47 Å². The Morgan fingerprint density at radius 2 is 2.21 bits per heavy atom. The Bertz CT molecular complexity index is 506. The van der Waals surface area contributed by atoms with E-state index in [1.165, 1.54) is 7.11 Å². The first-order valence-corrected chi connectivity index (χ1v) is 6.34. The highest BCUT2D eigenvalue weighted by Gasteiger charge is 2.54. The molecular weight excluding hydrogens is 242 g/mol. The van der Waals surface area contributed by atoms with Crippen LogP contribution in [0, 0.1) is 16.7 Å². The van der Waals surface area contributed by atoms with Crippen molar-refractivity contribution in [1.82, 2.24) is 0 Å². The third-order valence-corrected chi connectivity index (χ3v) is 4.27. The summed E-state index contributed by atoms with van der Waals surface area (Å²) in [6.07, 6.45) is 0.00131. The molecule has 4 nitrogen and oxygen atoms in total. The summed E-state index contributed by atoms with van der Waals surface area (Å²) in [6.45, 7) is 3.57. The summed E-state index contributed by atoms with van der Waals surface area (Å²) in [5.41, 5.74) is -1.35. The Balaban J connectivity index is 2.40. The van der Waals surface area contributed by atoms with Crippen molar-refractivity contribution in [2.24, 2.45) is 5.41 Å². The van der Waals surface area contributed by atoms with E-state index in [0.29, 0.717) is 6.42 Å². The van der Waals surface area contributed by atoms with Gasteiger partial charge in [0.05, 0.1) is 12.2 Å². The Hall–Kier alpha value is -1.57. The molecule has 0 bridgehead atoms. The topological polar surface area (TPSA) is 62.5 Å². The zero-order chi connectivity index (χ0) is 14.1. The number of fused-ring (bicyclic) bond motifs is 1. The van der Waals surface area contributed by atoms with Crippen LogP contribution in [0.25, 0.3) is 0 Å². The molecule has 0 spiro atoms. The summed E-state index contributed by atoms with van der Waals surface area (Å²) in [5, 5.41) is 20.4. The zero-order valence-electron chi connectivity index (χ0n) is 11.5. The van der Waals surface area contributed by atoms with E-state index >= 15 is 0 Å². The molecule has 1 N–H and O–H groups in total. The van der Waals surface area contributed by atoms with Gasteiger partial charge in [-0.05, 0) is 25.5 Å². The van der Waals surface area contributed by atoms with E-state index in [9.17, 15) is 10.4 Å². The molecule has 2 rings (SSSR count). The van der Waals surface area contributed by atoms with Gasteiger partial charge in [0.15, 0.2) is 0 Å². The van der Waals surface area contributed by atoms with Crippen LogP contribution in [-0.4, -0.2) is 30.5 Å². The predicted molar refractivity (Wildman–Crippen MR) is 70.8 cm³/mol. The van der Waals surface area contributed by atoms with Gasteiger partial charge in [0.25, 0.3) is 0 Å². The van der Waals surface area contributed by atoms with Crippen LogP contribution in [0.1, 0.15) is 19.4 Å². The third kappa shape index (κ3) is 2.09. The molecule has 102 valence electrons. The van der Waals surface area contributed by atoms with Gasteiger partial charge in [0.1, 0.15) is 23.4 Å².